The van der Waals surface area contributed by atoms with Crippen LogP contribution in [0.3, 0.4) is 0 Å². The number of hydrogen-bond donors (Lipinski definition) is 2. The molecule has 0 aliphatic heterocycles. The molecule has 0 amide bonds. The molecule has 0 saturated heterocycles. The SMILES string of the molecule is N[C@H]1CC[C@H](CNc2ccc(F)c(OC(F)(F)F)c2)CC1. The average Bonchev–Trinajstić information content (AvgIpc) is 2.40. The van der Waals surface area contributed by atoms with Gasteiger partial charge in [0.2, 0.25) is 0 Å². The predicted octanol–water partition coefficient (Wildman–Crippen LogP) is 3.65. The van der Waals surface area contributed by atoms with Crippen molar-refractivity contribution in [2.24, 2.45) is 11.7 Å². The van der Waals surface area contributed by atoms with E-state index < -0.39 is 17.9 Å². The van der Waals surface area contributed by atoms with Gasteiger partial charge in [0.15, 0.2) is 11.6 Å². The van der Waals surface area contributed by atoms with E-state index in [2.05, 4.69) is 10.1 Å². The highest BCUT2D eigenvalue weighted by atomic mass is 19.4. The summed E-state index contributed by atoms with van der Waals surface area (Å²) in [6.07, 6.45) is -1.02. The lowest BCUT2D eigenvalue weighted by atomic mass is 9.86. The Kier molecular flexibility index (Phi) is 4.92. The fraction of sp³-hybridized carbons (Fsp3) is 0.571. The summed E-state index contributed by atoms with van der Waals surface area (Å²) in [6.45, 7) is 0.629. The van der Waals surface area contributed by atoms with Crippen LogP contribution in [-0.2, 0) is 0 Å². The summed E-state index contributed by atoms with van der Waals surface area (Å²) in [5.41, 5.74) is 6.22. The molecule has 0 aromatic heterocycles. The number of nitrogens with one attached hydrogen (secondary N) is 1. The van der Waals surface area contributed by atoms with Crippen molar-refractivity contribution in [2.75, 3.05) is 11.9 Å². The van der Waals surface area contributed by atoms with E-state index >= 15 is 0 Å². The molecular weight excluding hydrogens is 288 g/mol. The van der Waals surface area contributed by atoms with Crippen LogP contribution in [-0.4, -0.2) is 18.9 Å². The van der Waals surface area contributed by atoms with Crippen molar-refractivity contribution >= 4 is 5.69 Å². The standard InChI is InChI=1S/C14H18F4N2O/c15-12-6-5-11(7-13(12)21-14(16,17)18)20-8-9-1-3-10(19)4-2-9/h5-7,9-10,20H,1-4,8,19H2/t9-,10-. The summed E-state index contributed by atoms with van der Waals surface area (Å²) in [5.74, 6) is -1.43. The van der Waals surface area contributed by atoms with Crippen LogP contribution in [0, 0.1) is 11.7 Å². The summed E-state index contributed by atoms with van der Waals surface area (Å²) >= 11 is 0. The lowest BCUT2D eigenvalue weighted by Crippen LogP contribution is -2.29. The van der Waals surface area contributed by atoms with E-state index in [1.807, 2.05) is 0 Å². The molecule has 0 unspecified atom stereocenters. The van der Waals surface area contributed by atoms with Crippen molar-refractivity contribution in [1.29, 1.82) is 0 Å². The second-order valence-electron chi connectivity index (χ2n) is 5.35. The van der Waals surface area contributed by atoms with Crippen molar-refractivity contribution in [3.63, 3.8) is 0 Å². The Labute approximate surface area is 120 Å². The van der Waals surface area contributed by atoms with Gasteiger partial charge < -0.3 is 15.8 Å². The van der Waals surface area contributed by atoms with Gasteiger partial charge in [0.25, 0.3) is 0 Å². The van der Waals surface area contributed by atoms with Crippen LogP contribution in [0.4, 0.5) is 23.2 Å². The van der Waals surface area contributed by atoms with Gasteiger partial charge in [-0.25, -0.2) is 4.39 Å². The van der Waals surface area contributed by atoms with Crippen LogP contribution in [0.2, 0.25) is 0 Å². The van der Waals surface area contributed by atoms with Gasteiger partial charge in [-0.1, -0.05) is 0 Å². The van der Waals surface area contributed by atoms with Crippen LogP contribution in [0.15, 0.2) is 18.2 Å². The first kappa shape index (κ1) is 15.9. The second-order valence-corrected chi connectivity index (χ2v) is 5.35. The van der Waals surface area contributed by atoms with Gasteiger partial charge >= 0.3 is 6.36 Å². The maximum Gasteiger partial charge on any atom is 0.573 e. The molecule has 1 aromatic carbocycles. The molecule has 0 spiro atoms. The second kappa shape index (κ2) is 6.51. The number of rotatable bonds is 4. The van der Waals surface area contributed by atoms with Gasteiger partial charge in [0.1, 0.15) is 0 Å². The van der Waals surface area contributed by atoms with Crippen LogP contribution in [0.25, 0.3) is 0 Å². The van der Waals surface area contributed by atoms with Crippen molar-refractivity contribution in [3.05, 3.63) is 24.0 Å². The Morgan fingerprint density at radius 1 is 1.19 bits per heavy atom. The Bertz CT molecular complexity index is 471. The number of hydrogen-bond acceptors (Lipinski definition) is 3. The molecule has 3 N–H and O–H groups in total. The minimum atomic E-state index is -4.90. The van der Waals surface area contributed by atoms with Gasteiger partial charge in [-0.05, 0) is 43.7 Å². The van der Waals surface area contributed by atoms with Crippen molar-refractivity contribution in [3.8, 4) is 5.75 Å². The van der Waals surface area contributed by atoms with E-state index in [4.69, 9.17) is 5.73 Å². The fourth-order valence-electron chi connectivity index (χ4n) is 2.47. The van der Waals surface area contributed by atoms with Crippen LogP contribution in [0.5, 0.6) is 5.75 Å². The van der Waals surface area contributed by atoms with Crippen molar-refractivity contribution in [1.82, 2.24) is 0 Å². The highest BCUT2D eigenvalue weighted by molar-refractivity contribution is 5.48. The number of nitrogens with two attached hydrogens (primary N) is 1. The predicted molar refractivity (Wildman–Crippen MR) is 71.5 cm³/mol. The molecule has 0 bridgehead atoms. The molecule has 7 heteroatoms. The number of alkyl halides is 3. The molecule has 1 aliphatic carbocycles. The number of ether oxygens (including phenoxy) is 1. The number of anilines is 1. The first-order valence-electron chi connectivity index (χ1n) is 6.88. The third-order valence-corrected chi connectivity index (χ3v) is 3.64. The summed E-state index contributed by atoms with van der Waals surface area (Å²) in [6, 6.07) is 3.63. The maximum absolute atomic E-state index is 13.3. The molecule has 0 atom stereocenters. The third-order valence-electron chi connectivity index (χ3n) is 3.64. The van der Waals surface area contributed by atoms with Crippen LogP contribution in [0.1, 0.15) is 25.7 Å². The zero-order valence-corrected chi connectivity index (χ0v) is 11.4. The molecule has 1 aliphatic rings. The minimum Gasteiger partial charge on any atom is -0.403 e. The topological polar surface area (TPSA) is 47.3 Å². The normalized spacial score (nSPS) is 22.9. The number of halogens is 4. The molecule has 1 fully saturated rings. The maximum atomic E-state index is 13.3. The van der Waals surface area contributed by atoms with E-state index in [0.717, 1.165) is 37.8 Å². The van der Waals surface area contributed by atoms with Gasteiger partial charge in [-0.15, -0.1) is 13.2 Å². The van der Waals surface area contributed by atoms with E-state index in [1.165, 1.54) is 6.07 Å². The van der Waals surface area contributed by atoms with Gasteiger partial charge in [-0.3, -0.25) is 0 Å². The van der Waals surface area contributed by atoms with Crippen LogP contribution < -0.4 is 15.8 Å². The Hall–Kier alpha value is -1.50. The molecule has 1 saturated carbocycles. The lowest BCUT2D eigenvalue weighted by molar-refractivity contribution is -0.275. The van der Waals surface area contributed by atoms with Crippen molar-refractivity contribution in [2.45, 2.75) is 38.1 Å². The van der Waals surface area contributed by atoms with E-state index in [9.17, 15) is 17.6 Å². The lowest BCUT2D eigenvalue weighted by Gasteiger charge is -2.26. The van der Waals surface area contributed by atoms with Crippen molar-refractivity contribution < 1.29 is 22.3 Å². The summed E-state index contributed by atoms with van der Waals surface area (Å²) < 4.78 is 53.4. The highest BCUT2D eigenvalue weighted by Crippen LogP contribution is 2.29. The first-order chi connectivity index (χ1) is 9.83. The van der Waals surface area contributed by atoms with E-state index in [0.29, 0.717) is 18.2 Å². The average molecular weight is 306 g/mol. The molecule has 0 radical (unpaired) electrons. The third kappa shape index (κ3) is 5.08. The molecule has 1 aromatic rings. The van der Waals surface area contributed by atoms with E-state index in [-0.39, 0.29) is 6.04 Å². The highest BCUT2D eigenvalue weighted by Gasteiger charge is 2.32. The molecular formula is C14H18F4N2O. The largest absolute Gasteiger partial charge is 0.573 e. The fourth-order valence-corrected chi connectivity index (χ4v) is 2.47. The minimum absolute atomic E-state index is 0.249. The first-order valence-corrected chi connectivity index (χ1v) is 6.88. The van der Waals surface area contributed by atoms with Gasteiger partial charge in [0, 0.05) is 24.3 Å². The quantitative estimate of drug-likeness (QED) is 0.835. The Balaban J connectivity index is 1.93. The molecule has 2 rings (SSSR count). The van der Waals surface area contributed by atoms with E-state index in [1.54, 1.807) is 0 Å². The van der Waals surface area contributed by atoms with Crippen LogP contribution >= 0.6 is 0 Å². The molecule has 3 nitrogen and oxygen atoms in total. The molecule has 118 valence electrons. The monoisotopic (exact) mass is 306 g/mol. The van der Waals surface area contributed by atoms with Gasteiger partial charge in [0.05, 0.1) is 0 Å². The summed E-state index contributed by atoms with van der Waals surface area (Å²) in [7, 11) is 0. The van der Waals surface area contributed by atoms with Gasteiger partial charge in [-0.2, -0.15) is 0 Å². The summed E-state index contributed by atoms with van der Waals surface area (Å²) in [4.78, 5) is 0. The zero-order chi connectivity index (χ0) is 15.5. The molecule has 21 heavy (non-hydrogen) atoms. The molecule has 0 heterocycles. The Morgan fingerprint density at radius 2 is 1.86 bits per heavy atom. The Morgan fingerprint density at radius 3 is 2.48 bits per heavy atom. The zero-order valence-electron chi connectivity index (χ0n) is 11.4. The summed E-state index contributed by atoms with van der Waals surface area (Å²) in [5, 5.41) is 3.03. The number of benzene rings is 1. The smallest absolute Gasteiger partial charge is 0.403 e.